The van der Waals surface area contributed by atoms with Gasteiger partial charge in [-0.05, 0) is 13.0 Å². The van der Waals surface area contributed by atoms with Crippen LogP contribution >= 0.6 is 0 Å². The summed E-state index contributed by atoms with van der Waals surface area (Å²) in [5.41, 5.74) is -2.68. The number of aliphatic hydroxyl groups excluding tert-OH is 2. The maximum absolute atomic E-state index is 14.2. The van der Waals surface area contributed by atoms with Crippen LogP contribution < -0.4 is 11.0 Å². The van der Waals surface area contributed by atoms with E-state index in [0.29, 0.717) is 0 Å². The first-order valence-corrected chi connectivity index (χ1v) is 5.40. The Kier molecular flexibility index (Phi) is 3.33. The summed E-state index contributed by atoms with van der Waals surface area (Å²) in [4.78, 5) is 16.8. The summed E-state index contributed by atoms with van der Waals surface area (Å²) >= 11 is 0. The van der Waals surface area contributed by atoms with Crippen LogP contribution in [0.5, 0.6) is 0 Å². The second-order valence-corrected chi connectivity index (χ2v) is 4.27. The van der Waals surface area contributed by atoms with Gasteiger partial charge in [-0.25, -0.2) is 14.2 Å². The number of anilines is 1. The Labute approximate surface area is 102 Å². The van der Waals surface area contributed by atoms with E-state index in [4.69, 9.17) is 9.84 Å². The van der Waals surface area contributed by atoms with E-state index in [1.807, 2.05) is 0 Å². The van der Waals surface area contributed by atoms with Crippen LogP contribution in [0.3, 0.4) is 0 Å². The van der Waals surface area contributed by atoms with Crippen molar-refractivity contribution in [3.63, 3.8) is 0 Å². The Morgan fingerprint density at radius 1 is 1.72 bits per heavy atom. The number of halogens is 1. The van der Waals surface area contributed by atoms with Gasteiger partial charge in [-0.15, -0.1) is 0 Å². The van der Waals surface area contributed by atoms with Gasteiger partial charge in [-0.1, -0.05) is 0 Å². The summed E-state index contributed by atoms with van der Waals surface area (Å²) in [6.45, 7) is 0.663. The van der Waals surface area contributed by atoms with Crippen molar-refractivity contribution in [2.75, 3.05) is 11.9 Å². The first-order chi connectivity index (χ1) is 8.45. The van der Waals surface area contributed by atoms with Gasteiger partial charge < -0.3 is 20.3 Å². The molecule has 1 aromatic rings. The topological polar surface area (TPSA) is 107 Å². The number of hydrogen-bond donors (Lipinski definition) is 4. The molecule has 2 heterocycles. The number of alkyl halides is 1. The van der Waals surface area contributed by atoms with E-state index in [2.05, 4.69) is 15.3 Å². The molecule has 100 valence electrons. The van der Waals surface area contributed by atoms with E-state index in [1.165, 1.54) is 12.3 Å². The van der Waals surface area contributed by atoms with Crippen LogP contribution in [0.4, 0.5) is 10.2 Å². The Balaban J connectivity index is 2.17. The van der Waals surface area contributed by atoms with Crippen molar-refractivity contribution in [3.8, 4) is 0 Å². The van der Waals surface area contributed by atoms with Crippen molar-refractivity contribution in [3.05, 3.63) is 22.7 Å². The van der Waals surface area contributed by atoms with E-state index >= 15 is 0 Å². The standard InChI is InChI=1S/C10H14FN3O4/c1-10(11)7(16)5(4-15)18-8(10)13-6-2-3-12-9(17)14-6/h2-3,5,7-8,15-16H,4H2,1H3,(H2,12,13,14,17)/t5-,7-,8-,10+/m1/s1. The van der Waals surface area contributed by atoms with Gasteiger partial charge in [-0.3, -0.25) is 4.98 Å². The number of rotatable bonds is 3. The maximum Gasteiger partial charge on any atom is 0.346 e. The molecule has 2 rings (SSSR count). The molecular formula is C10H14FN3O4. The molecule has 0 unspecified atom stereocenters. The Morgan fingerprint density at radius 2 is 2.44 bits per heavy atom. The van der Waals surface area contributed by atoms with Gasteiger partial charge in [0.25, 0.3) is 0 Å². The molecule has 0 bridgehead atoms. The van der Waals surface area contributed by atoms with Crippen molar-refractivity contribution in [1.82, 2.24) is 9.97 Å². The number of nitrogens with one attached hydrogen (secondary N) is 2. The van der Waals surface area contributed by atoms with Gasteiger partial charge >= 0.3 is 5.69 Å². The van der Waals surface area contributed by atoms with E-state index in [1.54, 1.807) is 0 Å². The van der Waals surface area contributed by atoms with Crippen LogP contribution in [-0.4, -0.2) is 50.9 Å². The second kappa shape index (κ2) is 4.63. The number of ether oxygens (including phenoxy) is 1. The van der Waals surface area contributed by atoms with E-state index < -0.39 is 36.4 Å². The van der Waals surface area contributed by atoms with Crippen molar-refractivity contribution < 1.29 is 19.3 Å². The molecule has 0 amide bonds. The van der Waals surface area contributed by atoms with Crippen molar-refractivity contribution in [1.29, 1.82) is 0 Å². The summed E-state index contributed by atoms with van der Waals surface area (Å²) in [5, 5.41) is 21.2. The first-order valence-electron chi connectivity index (χ1n) is 5.40. The molecule has 0 saturated carbocycles. The molecule has 0 radical (unpaired) electrons. The summed E-state index contributed by atoms with van der Waals surface area (Å²) in [5.74, 6) is 0.217. The average Bonchev–Trinajstić information content (AvgIpc) is 2.53. The minimum absolute atomic E-state index is 0.217. The zero-order valence-corrected chi connectivity index (χ0v) is 9.63. The molecule has 1 saturated heterocycles. The molecule has 8 heteroatoms. The Morgan fingerprint density at radius 3 is 3.00 bits per heavy atom. The smallest absolute Gasteiger partial charge is 0.346 e. The molecule has 1 aromatic heterocycles. The van der Waals surface area contributed by atoms with Crippen molar-refractivity contribution >= 4 is 5.82 Å². The molecule has 4 N–H and O–H groups in total. The van der Waals surface area contributed by atoms with Gasteiger partial charge in [0, 0.05) is 6.20 Å². The minimum Gasteiger partial charge on any atom is -0.394 e. The number of aliphatic hydroxyl groups is 2. The highest BCUT2D eigenvalue weighted by atomic mass is 19.1. The molecular weight excluding hydrogens is 245 g/mol. The largest absolute Gasteiger partial charge is 0.394 e. The van der Waals surface area contributed by atoms with Crippen LogP contribution in [-0.2, 0) is 4.74 Å². The molecule has 0 aliphatic carbocycles. The lowest BCUT2D eigenvalue weighted by Crippen LogP contribution is -2.45. The molecule has 4 atom stereocenters. The third-order valence-electron chi connectivity index (χ3n) is 2.90. The number of nitrogens with zero attached hydrogens (tertiary/aromatic N) is 1. The number of aromatic nitrogens is 2. The SMILES string of the molecule is C[C@@]1(F)[C@H](Nc2ccnc(=O)[nH]2)O[C@H](CO)[C@H]1O. The summed E-state index contributed by atoms with van der Waals surface area (Å²) < 4.78 is 19.4. The Hall–Kier alpha value is -1.51. The fraction of sp³-hybridized carbons (Fsp3) is 0.600. The fourth-order valence-electron chi connectivity index (χ4n) is 1.81. The van der Waals surface area contributed by atoms with E-state index in [-0.39, 0.29) is 5.82 Å². The van der Waals surface area contributed by atoms with Crippen molar-refractivity contribution in [2.45, 2.75) is 31.0 Å². The quantitative estimate of drug-likeness (QED) is 0.554. The fourth-order valence-corrected chi connectivity index (χ4v) is 1.81. The zero-order valence-electron chi connectivity index (χ0n) is 9.63. The van der Waals surface area contributed by atoms with E-state index in [9.17, 15) is 14.3 Å². The zero-order chi connectivity index (χ0) is 13.3. The van der Waals surface area contributed by atoms with Gasteiger partial charge in [0.1, 0.15) is 18.0 Å². The molecule has 0 aromatic carbocycles. The highest BCUT2D eigenvalue weighted by molar-refractivity contribution is 5.34. The van der Waals surface area contributed by atoms with Crippen LogP contribution in [0.2, 0.25) is 0 Å². The van der Waals surface area contributed by atoms with Gasteiger partial charge in [0.15, 0.2) is 11.9 Å². The number of aromatic amines is 1. The molecule has 18 heavy (non-hydrogen) atoms. The molecule has 1 aliphatic rings. The highest BCUT2D eigenvalue weighted by Gasteiger charge is 2.53. The lowest BCUT2D eigenvalue weighted by molar-refractivity contribution is -0.0157. The van der Waals surface area contributed by atoms with Gasteiger partial charge in [0.05, 0.1) is 6.61 Å². The van der Waals surface area contributed by atoms with Crippen LogP contribution in [0.25, 0.3) is 0 Å². The summed E-state index contributed by atoms with van der Waals surface area (Å²) in [6.07, 6.45) is -2.38. The van der Waals surface area contributed by atoms with Gasteiger partial charge in [-0.2, -0.15) is 0 Å². The second-order valence-electron chi connectivity index (χ2n) is 4.27. The highest BCUT2D eigenvalue weighted by Crippen LogP contribution is 2.34. The molecule has 7 nitrogen and oxygen atoms in total. The average molecular weight is 259 g/mol. The number of hydrogen-bond acceptors (Lipinski definition) is 6. The Bertz CT molecular complexity index is 478. The predicted octanol–water partition coefficient (Wildman–Crippen LogP) is -1.01. The van der Waals surface area contributed by atoms with Crippen molar-refractivity contribution in [2.24, 2.45) is 0 Å². The monoisotopic (exact) mass is 259 g/mol. The summed E-state index contributed by atoms with van der Waals surface area (Å²) in [7, 11) is 0. The summed E-state index contributed by atoms with van der Waals surface area (Å²) in [6, 6.07) is 1.43. The predicted molar refractivity (Wildman–Crippen MR) is 59.7 cm³/mol. The van der Waals surface area contributed by atoms with Crippen LogP contribution in [0, 0.1) is 0 Å². The molecule has 0 spiro atoms. The van der Waals surface area contributed by atoms with E-state index in [0.717, 1.165) is 6.92 Å². The third kappa shape index (κ3) is 2.22. The lowest BCUT2D eigenvalue weighted by Gasteiger charge is -2.24. The molecule has 1 aliphatic heterocycles. The first kappa shape index (κ1) is 12.9. The van der Waals surface area contributed by atoms with Gasteiger partial charge in [0.2, 0.25) is 0 Å². The lowest BCUT2D eigenvalue weighted by atomic mass is 9.99. The minimum atomic E-state index is -2.09. The van der Waals surface area contributed by atoms with Crippen LogP contribution in [0.1, 0.15) is 6.92 Å². The van der Waals surface area contributed by atoms with Crippen LogP contribution in [0.15, 0.2) is 17.1 Å². The third-order valence-corrected chi connectivity index (χ3v) is 2.90. The normalized spacial score (nSPS) is 35.7. The number of H-pyrrole nitrogens is 1. The molecule has 1 fully saturated rings. The maximum atomic E-state index is 14.2.